The van der Waals surface area contributed by atoms with Crippen molar-refractivity contribution in [3.63, 3.8) is 0 Å². The second-order valence-corrected chi connectivity index (χ2v) is 7.04. The van der Waals surface area contributed by atoms with Crippen molar-refractivity contribution in [2.45, 2.75) is 39.0 Å². The number of aliphatic imine (C=N–C) groups is 1. The lowest BCUT2D eigenvalue weighted by Gasteiger charge is -2.27. The van der Waals surface area contributed by atoms with Gasteiger partial charge in [-0.15, -0.1) is 24.0 Å². The molecule has 1 saturated heterocycles. The summed E-state index contributed by atoms with van der Waals surface area (Å²) in [5.41, 5.74) is 0.758. The molecule has 1 heterocycles. The van der Waals surface area contributed by atoms with Gasteiger partial charge in [-0.3, -0.25) is 4.99 Å². The van der Waals surface area contributed by atoms with Gasteiger partial charge < -0.3 is 15.0 Å². The van der Waals surface area contributed by atoms with E-state index in [2.05, 4.69) is 10.2 Å². The van der Waals surface area contributed by atoms with Crippen molar-refractivity contribution in [3.8, 4) is 0 Å². The molecule has 1 aromatic rings. The maximum Gasteiger partial charge on any atom is 0.193 e. The van der Waals surface area contributed by atoms with E-state index in [0.717, 1.165) is 63.0 Å². The first-order chi connectivity index (χ1) is 12.5. The van der Waals surface area contributed by atoms with Gasteiger partial charge in [-0.25, -0.2) is 8.78 Å². The number of nitrogens with zero attached hydrogens (tertiary/aromatic N) is 2. The summed E-state index contributed by atoms with van der Waals surface area (Å²) in [7, 11) is 2.04. The SMILES string of the molecule is CCNC(=NCC(C)c1ccc(F)c(F)c1)N(C)CCC1CCOCC1.I. The van der Waals surface area contributed by atoms with Crippen LogP contribution in [0.3, 0.4) is 0 Å². The third kappa shape index (κ3) is 7.89. The van der Waals surface area contributed by atoms with Gasteiger partial charge in [0, 0.05) is 45.8 Å². The van der Waals surface area contributed by atoms with Gasteiger partial charge in [-0.2, -0.15) is 0 Å². The lowest BCUT2D eigenvalue weighted by atomic mass is 9.96. The van der Waals surface area contributed by atoms with Gasteiger partial charge >= 0.3 is 0 Å². The topological polar surface area (TPSA) is 36.9 Å². The summed E-state index contributed by atoms with van der Waals surface area (Å²) in [5.74, 6) is -0.0312. The number of nitrogens with one attached hydrogen (secondary N) is 1. The van der Waals surface area contributed by atoms with Gasteiger partial charge in [0.15, 0.2) is 17.6 Å². The van der Waals surface area contributed by atoms with E-state index in [1.165, 1.54) is 12.1 Å². The molecule has 0 aromatic heterocycles. The fraction of sp³-hybridized carbons (Fsp3) is 0.650. The summed E-state index contributed by atoms with van der Waals surface area (Å²) in [5, 5.41) is 3.31. The van der Waals surface area contributed by atoms with E-state index in [0.29, 0.717) is 6.54 Å². The fourth-order valence-electron chi connectivity index (χ4n) is 3.13. The fourth-order valence-corrected chi connectivity index (χ4v) is 3.13. The Hall–Kier alpha value is -0.960. The molecule has 0 amide bonds. The van der Waals surface area contributed by atoms with Crippen LogP contribution in [0, 0.1) is 17.6 Å². The lowest BCUT2D eigenvalue weighted by molar-refractivity contribution is 0.0625. The van der Waals surface area contributed by atoms with Crippen molar-refractivity contribution in [3.05, 3.63) is 35.4 Å². The zero-order chi connectivity index (χ0) is 18.9. The van der Waals surface area contributed by atoms with Crippen molar-refractivity contribution in [1.82, 2.24) is 10.2 Å². The number of guanidine groups is 1. The molecule has 7 heteroatoms. The first kappa shape index (κ1) is 24.1. The van der Waals surface area contributed by atoms with E-state index in [-0.39, 0.29) is 29.9 Å². The normalized spacial score (nSPS) is 16.6. The van der Waals surface area contributed by atoms with Crippen LogP contribution in [0.25, 0.3) is 0 Å². The Balaban J connectivity index is 0.00000364. The van der Waals surface area contributed by atoms with Crippen LogP contribution in [-0.4, -0.2) is 50.8 Å². The molecule has 27 heavy (non-hydrogen) atoms. The monoisotopic (exact) mass is 495 g/mol. The molecule has 1 aliphatic heterocycles. The summed E-state index contributed by atoms with van der Waals surface area (Å²) >= 11 is 0. The highest BCUT2D eigenvalue weighted by Crippen LogP contribution is 2.20. The molecule has 154 valence electrons. The number of halogens is 3. The molecule has 1 aliphatic rings. The summed E-state index contributed by atoms with van der Waals surface area (Å²) < 4.78 is 31.9. The van der Waals surface area contributed by atoms with Gasteiger partial charge in [0.25, 0.3) is 0 Å². The van der Waals surface area contributed by atoms with Crippen LogP contribution in [0.15, 0.2) is 23.2 Å². The summed E-state index contributed by atoms with van der Waals surface area (Å²) in [6.07, 6.45) is 3.40. The highest BCUT2D eigenvalue weighted by atomic mass is 127. The Kier molecular flexibility index (Phi) is 11.1. The first-order valence-corrected chi connectivity index (χ1v) is 9.53. The van der Waals surface area contributed by atoms with E-state index in [9.17, 15) is 8.78 Å². The van der Waals surface area contributed by atoms with Crippen LogP contribution in [0.4, 0.5) is 8.78 Å². The number of hydrogen-bond acceptors (Lipinski definition) is 2. The number of hydrogen-bond donors (Lipinski definition) is 1. The molecule has 0 bridgehead atoms. The molecule has 1 fully saturated rings. The van der Waals surface area contributed by atoms with Gasteiger partial charge in [-0.1, -0.05) is 13.0 Å². The van der Waals surface area contributed by atoms with Gasteiger partial charge in [0.05, 0.1) is 0 Å². The largest absolute Gasteiger partial charge is 0.381 e. The maximum atomic E-state index is 13.4. The number of rotatable bonds is 7. The van der Waals surface area contributed by atoms with E-state index >= 15 is 0 Å². The van der Waals surface area contributed by atoms with Crippen LogP contribution in [0.1, 0.15) is 44.6 Å². The van der Waals surface area contributed by atoms with Crippen molar-refractivity contribution < 1.29 is 13.5 Å². The molecular weight excluding hydrogens is 463 g/mol. The van der Waals surface area contributed by atoms with Crippen molar-refractivity contribution >= 4 is 29.9 Å². The van der Waals surface area contributed by atoms with Crippen molar-refractivity contribution in [1.29, 1.82) is 0 Å². The van der Waals surface area contributed by atoms with Crippen LogP contribution >= 0.6 is 24.0 Å². The molecule has 0 saturated carbocycles. The van der Waals surface area contributed by atoms with E-state index in [1.807, 2.05) is 20.9 Å². The molecule has 4 nitrogen and oxygen atoms in total. The minimum Gasteiger partial charge on any atom is -0.381 e. The molecule has 0 spiro atoms. The average molecular weight is 495 g/mol. The van der Waals surface area contributed by atoms with Gasteiger partial charge in [-0.05, 0) is 49.8 Å². The van der Waals surface area contributed by atoms with Crippen molar-refractivity contribution in [2.75, 3.05) is 39.9 Å². The molecule has 2 rings (SSSR count). The second kappa shape index (κ2) is 12.5. The third-order valence-electron chi connectivity index (χ3n) is 4.94. The van der Waals surface area contributed by atoms with Crippen LogP contribution in [0.5, 0.6) is 0 Å². The van der Waals surface area contributed by atoms with Crippen molar-refractivity contribution in [2.24, 2.45) is 10.9 Å². The number of ether oxygens (including phenoxy) is 1. The molecule has 1 unspecified atom stereocenters. The standard InChI is InChI=1S/C20H31F2N3O.HI/c1-4-23-20(25(3)10-7-16-8-11-26-12-9-16)24-14-15(2)17-5-6-18(21)19(22)13-17;/h5-6,13,15-16H,4,7-12,14H2,1-3H3,(H,23,24);1H. The van der Waals surface area contributed by atoms with E-state index in [1.54, 1.807) is 6.07 Å². The van der Waals surface area contributed by atoms with E-state index in [4.69, 9.17) is 9.73 Å². The first-order valence-electron chi connectivity index (χ1n) is 9.53. The Bertz CT molecular complexity index is 595. The van der Waals surface area contributed by atoms with Crippen LogP contribution in [0.2, 0.25) is 0 Å². The lowest BCUT2D eigenvalue weighted by Crippen LogP contribution is -2.40. The zero-order valence-corrected chi connectivity index (χ0v) is 18.8. The summed E-state index contributed by atoms with van der Waals surface area (Å²) in [4.78, 5) is 6.85. The van der Waals surface area contributed by atoms with E-state index < -0.39 is 11.6 Å². The van der Waals surface area contributed by atoms with Gasteiger partial charge in [0.1, 0.15) is 0 Å². The quantitative estimate of drug-likeness (QED) is 0.346. The summed E-state index contributed by atoms with van der Waals surface area (Å²) in [6, 6.07) is 4.06. The molecular formula is C20H32F2IN3O. The summed E-state index contributed by atoms with van der Waals surface area (Å²) in [6.45, 7) is 8.01. The van der Waals surface area contributed by atoms with Crippen LogP contribution < -0.4 is 5.32 Å². The highest BCUT2D eigenvalue weighted by molar-refractivity contribution is 14.0. The third-order valence-corrected chi connectivity index (χ3v) is 4.94. The average Bonchev–Trinajstić information content (AvgIpc) is 2.66. The second-order valence-electron chi connectivity index (χ2n) is 7.04. The van der Waals surface area contributed by atoms with Crippen LogP contribution in [-0.2, 0) is 4.74 Å². The Morgan fingerprint density at radius 1 is 1.30 bits per heavy atom. The molecule has 1 aromatic carbocycles. The van der Waals surface area contributed by atoms with Gasteiger partial charge in [0.2, 0.25) is 0 Å². The molecule has 1 N–H and O–H groups in total. The molecule has 0 aliphatic carbocycles. The predicted octanol–water partition coefficient (Wildman–Crippen LogP) is 4.40. The zero-order valence-electron chi connectivity index (χ0n) is 16.5. The maximum absolute atomic E-state index is 13.4. The number of benzene rings is 1. The Morgan fingerprint density at radius 2 is 2.00 bits per heavy atom. The molecule has 0 radical (unpaired) electrons. The smallest absolute Gasteiger partial charge is 0.193 e. The molecule has 1 atom stereocenters. The highest BCUT2D eigenvalue weighted by Gasteiger charge is 2.16. The predicted molar refractivity (Wildman–Crippen MR) is 117 cm³/mol. The minimum absolute atomic E-state index is 0. The Morgan fingerprint density at radius 3 is 2.63 bits per heavy atom. The minimum atomic E-state index is -0.814. The Labute approximate surface area is 178 Å².